The van der Waals surface area contributed by atoms with Crippen LogP contribution in [0, 0.1) is 0 Å². The van der Waals surface area contributed by atoms with Crippen molar-refractivity contribution in [3.8, 4) is 11.5 Å². The Kier molecular flexibility index (Phi) is 3.84. The second kappa shape index (κ2) is 5.36. The van der Waals surface area contributed by atoms with Crippen molar-refractivity contribution in [2.75, 3.05) is 0 Å². The maximum absolute atomic E-state index is 9.14. The van der Waals surface area contributed by atoms with Gasteiger partial charge in [-0.25, -0.2) is 0 Å². The van der Waals surface area contributed by atoms with E-state index >= 15 is 0 Å². The van der Waals surface area contributed by atoms with E-state index in [-0.39, 0.29) is 6.61 Å². The van der Waals surface area contributed by atoms with Crippen molar-refractivity contribution in [2.24, 2.45) is 0 Å². The summed E-state index contributed by atoms with van der Waals surface area (Å²) in [5.74, 6) is 1.04. The highest BCUT2D eigenvalue weighted by Gasteiger charge is 2.05. The molecule has 2 rings (SSSR count). The number of halogens is 2. The molecular weight excluding hydrogens is 261 g/mol. The van der Waals surface area contributed by atoms with Crippen molar-refractivity contribution in [1.82, 2.24) is 4.98 Å². The van der Waals surface area contributed by atoms with Crippen LogP contribution in [0.3, 0.4) is 0 Å². The predicted molar refractivity (Wildman–Crippen MR) is 66.7 cm³/mol. The van der Waals surface area contributed by atoms with Gasteiger partial charge in [-0.3, -0.25) is 4.98 Å². The SMILES string of the molecule is OCc1ccncc1Oc1ccc(Cl)c(Cl)c1. The summed E-state index contributed by atoms with van der Waals surface area (Å²) < 4.78 is 5.57. The zero-order chi connectivity index (χ0) is 12.3. The van der Waals surface area contributed by atoms with Crippen molar-refractivity contribution in [3.63, 3.8) is 0 Å². The Morgan fingerprint density at radius 2 is 2.00 bits per heavy atom. The Bertz CT molecular complexity index is 532. The Morgan fingerprint density at radius 3 is 2.71 bits per heavy atom. The van der Waals surface area contributed by atoms with Crippen molar-refractivity contribution >= 4 is 23.2 Å². The number of benzene rings is 1. The summed E-state index contributed by atoms with van der Waals surface area (Å²) in [6.45, 7) is -0.112. The standard InChI is InChI=1S/C12H9Cl2NO2/c13-10-2-1-9(5-11(10)14)17-12-6-15-4-3-8(12)7-16/h1-6,16H,7H2. The monoisotopic (exact) mass is 269 g/mol. The zero-order valence-corrected chi connectivity index (χ0v) is 10.2. The molecular formula is C12H9Cl2NO2. The van der Waals surface area contributed by atoms with E-state index in [0.717, 1.165) is 0 Å². The minimum Gasteiger partial charge on any atom is -0.455 e. The third-order valence-electron chi connectivity index (χ3n) is 2.16. The van der Waals surface area contributed by atoms with Crippen molar-refractivity contribution in [1.29, 1.82) is 0 Å². The van der Waals surface area contributed by atoms with Gasteiger partial charge in [-0.15, -0.1) is 0 Å². The first-order chi connectivity index (χ1) is 8.20. The van der Waals surface area contributed by atoms with Gasteiger partial charge in [-0.1, -0.05) is 23.2 Å². The van der Waals surface area contributed by atoms with Crippen LogP contribution in [0.15, 0.2) is 36.7 Å². The fourth-order valence-electron chi connectivity index (χ4n) is 1.30. The largest absolute Gasteiger partial charge is 0.455 e. The van der Waals surface area contributed by atoms with Gasteiger partial charge >= 0.3 is 0 Å². The second-order valence-corrected chi connectivity index (χ2v) is 4.13. The molecule has 2 aromatic rings. The van der Waals surface area contributed by atoms with Gasteiger partial charge in [0.25, 0.3) is 0 Å². The molecule has 0 unspecified atom stereocenters. The van der Waals surface area contributed by atoms with Crippen molar-refractivity contribution in [2.45, 2.75) is 6.61 Å². The molecule has 1 heterocycles. The van der Waals surface area contributed by atoms with Crippen LogP contribution in [0.1, 0.15) is 5.56 Å². The Balaban J connectivity index is 2.28. The first kappa shape index (κ1) is 12.2. The lowest BCUT2D eigenvalue weighted by atomic mass is 10.2. The summed E-state index contributed by atoms with van der Waals surface area (Å²) in [5.41, 5.74) is 0.658. The maximum atomic E-state index is 9.14. The molecule has 0 radical (unpaired) electrons. The van der Waals surface area contributed by atoms with Crippen LogP contribution >= 0.6 is 23.2 Å². The van der Waals surface area contributed by atoms with Gasteiger partial charge in [0.15, 0.2) is 5.75 Å². The minimum absolute atomic E-state index is 0.112. The number of hydrogen-bond donors (Lipinski definition) is 1. The van der Waals surface area contributed by atoms with Gasteiger partial charge in [-0.05, 0) is 18.2 Å². The van der Waals surface area contributed by atoms with E-state index in [9.17, 15) is 0 Å². The van der Waals surface area contributed by atoms with Crippen LogP contribution < -0.4 is 4.74 Å². The molecule has 1 N–H and O–H groups in total. The van der Waals surface area contributed by atoms with Crippen LogP contribution in [-0.2, 0) is 6.61 Å². The quantitative estimate of drug-likeness (QED) is 0.925. The van der Waals surface area contributed by atoms with Crippen LogP contribution in [0.4, 0.5) is 0 Å². The number of nitrogens with zero attached hydrogens (tertiary/aromatic N) is 1. The van der Waals surface area contributed by atoms with Crippen molar-refractivity contribution in [3.05, 3.63) is 52.3 Å². The molecule has 1 aromatic carbocycles. The van der Waals surface area contributed by atoms with E-state index in [1.807, 2.05) is 0 Å². The molecule has 1 aromatic heterocycles. The molecule has 0 atom stereocenters. The summed E-state index contributed by atoms with van der Waals surface area (Å²) in [6.07, 6.45) is 3.13. The smallest absolute Gasteiger partial charge is 0.151 e. The predicted octanol–water partition coefficient (Wildman–Crippen LogP) is 3.67. The minimum atomic E-state index is -0.112. The van der Waals surface area contributed by atoms with Gasteiger partial charge in [0.05, 0.1) is 22.8 Å². The van der Waals surface area contributed by atoms with Crippen LogP contribution in [0.5, 0.6) is 11.5 Å². The third kappa shape index (κ3) is 2.88. The molecule has 0 aliphatic rings. The summed E-state index contributed by atoms with van der Waals surface area (Å²) in [7, 11) is 0. The van der Waals surface area contributed by atoms with E-state index in [0.29, 0.717) is 27.1 Å². The molecule has 0 spiro atoms. The number of rotatable bonds is 3. The van der Waals surface area contributed by atoms with E-state index in [2.05, 4.69) is 4.98 Å². The number of aliphatic hydroxyl groups excluding tert-OH is 1. The van der Waals surface area contributed by atoms with Crippen molar-refractivity contribution < 1.29 is 9.84 Å². The van der Waals surface area contributed by atoms with E-state index in [1.165, 1.54) is 6.20 Å². The van der Waals surface area contributed by atoms with Gasteiger partial charge in [-0.2, -0.15) is 0 Å². The van der Waals surface area contributed by atoms with Crippen LogP contribution in [-0.4, -0.2) is 10.1 Å². The Morgan fingerprint density at radius 1 is 1.18 bits per heavy atom. The Labute approximate surface area is 109 Å². The number of ether oxygens (including phenoxy) is 1. The summed E-state index contributed by atoms with van der Waals surface area (Å²) >= 11 is 11.7. The fourth-order valence-corrected chi connectivity index (χ4v) is 1.59. The number of pyridine rings is 1. The average molecular weight is 270 g/mol. The molecule has 0 bridgehead atoms. The lowest BCUT2D eigenvalue weighted by molar-refractivity contribution is 0.276. The van der Waals surface area contributed by atoms with Gasteiger partial charge in [0.2, 0.25) is 0 Å². The second-order valence-electron chi connectivity index (χ2n) is 3.32. The molecule has 0 saturated carbocycles. The van der Waals surface area contributed by atoms with E-state index in [1.54, 1.807) is 30.5 Å². The lowest BCUT2D eigenvalue weighted by Gasteiger charge is -2.09. The highest BCUT2D eigenvalue weighted by atomic mass is 35.5. The fraction of sp³-hybridized carbons (Fsp3) is 0.0833. The molecule has 0 aliphatic carbocycles. The number of aliphatic hydroxyl groups is 1. The first-order valence-electron chi connectivity index (χ1n) is 4.87. The van der Waals surface area contributed by atoms with Crippen LogP contribution in [0.25, 0.3) is 0 Å². The molecule has 88 valence electrons. The summed E-state index contributed by atoms with van der Waals surface area (Å²) in [6, 6.07) is 6.64. The maximum Gasteiger partial charge on any atom is 0.151 e. The third-order valence-corrected chi connectivity index (χ3v) is 2.90. The normalized spacial score (nSPS) is 10.3. The van der Waals surface area contributed by atoms with Gasteiger partial charge in [0, 0.05) is 17.8 Å². The van der Waals surface area contributed by atoms with Gasteiger partial charge in [0.1, 0.15) is 5.75 Å². The summed E-state index contributed by atoms with van der Waals surface area (Å²) in [5, 5.41) is 10.0. The van der Waals surface area contributed by atoms with Crippen LogP contribution in [0.2, 0.25) is 10.0 Å². The average Bonchev–Trinajstić information content (AvgIpc) is 2.34. The molecule has 17 heavy (non-hydrogen) atoms. The highest BCUT2D eigenvalue weighted by molar-refractivity contribution is 6.42. The topological polar surface area (TPSA) is 42.4 Å². The zero-order valence-electron chi connectivity index (χ0n) is 8.73. The highest BCUT2D eigenvalue weighted by Crippen LogP contribution is 2.30. The summed E-state index contributed by atoms with van der Waals surface area (Å²) in [4.78, 5) is 3.93. The lowest BCUT2D eigenvalue weighted by Crippen LogP contribution is -1.92. The van der Waals surface area contributed by atoms with E-state index < -0.39 is 0 Å². The molecule has 0 aliphatic heterocycles. The Hall–Kier alpha value is -1.29. The van der Waals surface area contributed by atoms with Gasteiger partial charge < -0.3 is 9.84 Å². The van der Waals surface area contributed by atoms with E-state index in [4.69, 9.17) is 33.0 Å². The molecule has 5 heteroatoms. The molecule has 0 saturated heterocycles. The molecule has 0 fully saturated rings. The number of aromatic nitrogens is 1. The number of hydrogen-bond acceptors (Lipinski definition) is 3. The first-order valence-corrected chi connectivity index (χ1v) is 5.63. The molecule has 3 nitrogen and oxygen atoms in total. The molecule has 0 amide bonds.